The number of nitrogens with one attached hydrogen (secondary N) is 1. The lowest BCUT2D eigenvalue weighted by molar-refractivity contribution is -0.140. The molecule has 1 aliphatic carbocycles. The quantitative estimate of drug-likeness (QED) is 0.399. The number of hydrogen-bond donors (Lipinski definition) is 3. The number of hydroxylamine groups is 1. The number of aliphatic hydroxyl groups excluding tert-OH is 1. The molecule has 0 aromatic heterocycles. The Hall–Kier alpha value is -2.90. The first-order valence-corrected chi connectivity index (χ1v) is 10.8. The summed E-state index contributed by atoms with van der Waals surface area (Å²) in [5, 5.41) is 19.2. The smallest absolute Gasteiger partial charge is 0.274 e. The minimum absolute atomic E-state index is 0.0310. The molecule has 2 unspecified atom stereocenters. The molecule has 0 spiro atoms. The number of nitrogens with zero attached hydrogens (tertiary/aromatic N) is 1. The zero-order valence-corrected chi connectivity index (χ0v) is 17.4. The molecule has 1 heterocycles. The van der Waals surface area contributed by atoms with Gasteiger partial charge in [-0.25, -0.2) is 5.48 Å². The average Bonchev–Trinajstić information content (AvgIpc) is 3.14. The van der Waals surface area contributed by atoms with Gasteiger partial charge in [-0.1, -0.05) is 49.2 Å². The molecule has 1 aliphatic heterocycles. The van der Waals surface area contributed by atoms with Crippen LogP contribution < -0.4 is 10.2 Å². The van der Waals surface area contributed by atoms with E-state index in [2.05, 4.69) is 0 Å². The Kier molecular flexibility index (Phi) is 6.53. The van der Waals surface area contributed by atoms with Crippen molar-refractivity contribution in [3.63, 3.8) is 0 Å². The summed E-state index contributed by atoms with van der Waals surface area (Å²) in [7, 11) is 0. The Balaban J connectivity index is 1.68. The molecule has 2 aromatic rings. The van der Waals surface area contributed by atoms with Gasteiger partial charge in [0.2, 0.25) is 5.91 Å². The van der Waals surface area contributed by atoms with Crippen LogP contribution in [0.3, 0.4) is 0 Å². The van der Waals surface area contributed by atoms with Crippen LogP contribution in [0.2, 0.25) is 0 Å². The highest BCUT2D eigenvalue weighted by molar-refractivity contribution is 5.93. The predicted octanol–water partition coefficient (Wildman–Crippen LogP) is 3.21. The van der Waals surface area contributed by atoms with Crippen LogP contribution in [-0.4, -0.2) is 39.7 Å². The molecule has 0 bridgehead atoms. The van der Waals surface area contributed by atoms with Crippen molar-refractivity contribution in [1.29, 1.82) is 0 Å². The summed E-state index contributed by atoms with van der Waals surface area (Å²) in [6.07, 6.45) is 3.44. The van der Waals surface area contributed by atoms with Gasteiger partial charge < -0.3 is 14.7 Å². The summed E-state index contributed by atoms with van der Waals surface area (Å²) in [4.78, 5) is 27.3. The van der Waals surface area contributed by atoms with Crippen LogP contribution in [-0.2, 0) is 11.3 Å². The van der Waals surface area contributed by atoms with E-state index in [1.165, 1.54) is 0 Å². The van der Waals surface area contributed by atoms with E-state index in [1.807, 2.05) is 35.2 Å². The maximum Gasteiger partial charge on any atom is 0.274 e. The number of aliphatic hydroxyl groups is 1. The number of rotatable bonds is 3. The number of carbonyl (C=O) groups excluding carboxylic acids is 2. The van der Waals surface area contributed by atoms with Crippen molar-refractivity contribution < 1.29 is 24.6 Å². The third-order valence-corrected chi connectivity index (χ3v) is 6.26. The van der Waals surface area contributed by atoms with Crippen LogP contribution in [0.5, 0.6) is 5.75 Å². The van der Waals surface area contributed by atoms with Gasteiger partial charge in [-0.05, 0) is 37.0 Å². The number of benzene rings is 2. The van der Waals surface area contributed by atoms with E-state index in [-0.39, 0.29) is 30.0 Å². The van der Waals surface area contributed by atoms with Crippen molar-refractivity contribution in [2.75, 3.05) is 6.61 Å². The summed E-state index contributed by atoms with van der Waals surface area (Å²) in [6, 6.07) is 14.5. The van der Waals surface area contributed by atoms with Crippen LogP contribution >= 0.6 is 0 Å². The molecular weight excluding hydrogens is 396 g/mol. The fourth-order valence-electron chi connectivity index (χ4n) is 4.55. The SMILES string of the molecule is O=C(NO)c1ccc2c(c1)OC[C@H](c1ccccc1)N(C(=O)C1CCCCC(O)C1)C2. The molecule has 3 N–H and O–H groups in total. The van der Waals surface area contributed by atoms with Crippen molar-refractivity contribution in [3.8, 4) is 5.75 Å². The number of carbonyl (C=O) groups is 2. The van der Waals surface area contributed by atoms with E-state index in [0.29, 0.717) is 18.7 Å². The third kappa shape index (κ3) is 4.73. The molecule has 7 nitrogen and oxygen atoms in total. The van der Waals surface area contributed by atoms with Gasteiger partial charge in [-0.2, -0.15) is 0 Å². The first-order chi connectivity index (χ1) is 15.1. The molecule has 2 aromatic carbocycles. The molecule has 0 radical (unpaired) electrons. The largest absolute Gasteiger partial charge is 0.491 e. The van der Waals surface area contributed by atoms with Crippen LogP contribution in [0.15, 0.2) is 48.5 Å². The normalized spacial score (nSPS) is 23.7. The topological polar surface area (TPSA) is 99.1 Å². The lowest BCUT2D eigenvalue weighted by Gasteiger charge is -2.33. The highest BCUT2D eigenvalue weighted by Gasteiger charge is 2.35. The minimum atomic E-state index is -0.615. The summed E-state index contributed by atoms with van der Waals surface area (Å²) in [5.74, 6) is -0.276. The lowest BCUT2D eigenvalue weighted by Crippen LogP contribution is -2.40. The van der Waals surface area contributed by atoms with E-state index >= 15 is 0 Å². The van der Waals surface area contributed by atoms with Crippen LogP contribution in [0, 0.1) is 5.92 Å². The Morgan fingerprint density at radius 1 is 1.06 bits per heavy atom. The molecule has 1 fully saturated rings. The van der Waals surface area contributed by atoms with Gasteiger partial charge in [0, 0.05) is 17.0 Å². The summed E-state index contributed by atoms with van der Waals surface area (Å²) in [5.41, 5.74) is 3.70. The van der Waals surface area contributed by atoms with Crippen molar-refractivity contribution in [1.82, 2.24) is 10.4 Å². The van der Waals surface area contributed by atoms with Gasteiger partial charge in [0.1, 0.15) is 12.4 Å². The second kappa shape index (κ2) is 9.49. The Morgan fingerprint density at radius 3 is 2.61 bits per heavy atom. The molecule has 3 atom stereocenters. The lowest BCUT2D eigenvalue weighted by atomic mass is 9.95. The van der Waals surface area contributed by atoms with Gasteiger partial charge in [0.15, 0.2) is 0 Å². The maximum atomic E-state index is 13.7. The van der Waals surface area contributed by atoms with Gasteiger partial charge in [-0.15, -0.1) is 0 Å². The summed E-state index contributed by atoms with van der Waals surface area (Å²) in [6.45, 7) is 0.601. The molecule has 0 saturated heterocycles. The van der Waals surface area contributed by atoms with Gasteiger partial charge in [0.25, 0.3) is 5.91 Å². The standard InChI is InChI=1S/C24H28N2O5/c27-20-9-5-4-8-18(12-20)24(29)26-14-19-11-10-17(23(28)25-30)13-22(19)31-15-21(26)16-6-2-1-3-7-16/h1-3,6-7,10-11,13,18,20-21,27,30H,4-5,8-9,12,14-15H2,(H,25,28)/t18?,20?,21-/m1/s1. The number of ether oxygens (including phenoxy) is 1. The van der Waals surface area contributed by atoms with Crippen molar-refractivity contribution in [3.05, 3.63) is 65.2 Å². The van der Waals surface area contributed by atoms with Crippen LogP contribution in [0.1, 0.15) is 59.6 Å². The molecule has 2 amide bonds. The zero-order valence-electron chi connectivity index (χ0n) is 17.4. The second-order valence-corrected chi connectivity index (χ2v) is 8.34. The van der Waals surface area contributed by atoms with E-state index in [4.69, 9.17) is 9.94 Å². The fourth-order valence-corrected chi connectivity index (χ4v) is 4.55. The highest BCUT2D eigenvalue weighted by Crippen LogP contribution is 2.35. The molecule has 164 valence electrons. The van der Waals surface area contributed by atoms with E-state index in [1.54, 1.807) is 23.7 Å². The van der Waals surface area contributed by atoms with Crippen LogP contribution in [0.4, 0.5) is 0 Å². The summed E-state index contributed by atoms with van der Waals surface area (Å²) >= 11 is 0. The van der Waals surface area contributed by atoms with Crippen LogP contribution in [0.25, 0.3) is 0 Å². The van der Waals surface area contributed by atoms with E-state index < -0.39 is 12.0 Å². The average molecular weight is 424 g/mol. The Labute approximate surface area is 181 Å². The first-order valence-electron chi connectivity index (χ1n) is 10.8. The minimum Gasteiger partial charge on any atom is -0.491 e. The number of amides is 2. The van der Waals surface area contributed by atoms with Crippen molar-refractivity contribution in [2.24, 2.45) is 5.92 Å². The molecule has 1 saturated carbocycles. The molecular formula is C24H28N2O5. The molecule has 31 heavy (non-hydrogen) atoms. The first kappa shape index (κ1) is 21.3. The summed E-state index contributed by atoms with van der Waals surface area (Å²) < 4.78 is 6.06. The molecule has 7 heteroatoms. The molecule has 4 rings (SSSR count). The van der Waals surface area contributed by atoms with Crippen molar-refractivity contribution in [2.45, 2.75) is 50.8 Å². The van der Waals surface area contributed by atoms with Gasteiger partial charge in [0.05, 0.1) is 18.7 Å². The number of hydrogen-bond acceptors (Lipinski definition) is 5. The Bertz CT molecular complexity index is 933. The molecule has 2 aliphatic rings. The van der Waals surface area contributed by atoms with Gasteiger partial charge in [-0.3, -0.25) is 14.8 Å². The second-order valence-electron chi connectivity index (χ2n) is 8.34. The van der Waals surface area contributed by atoms with Gasteiger partial charge >= 0.3 is 0 Å². The zero-order chi connectivity index (χ0) is 21.8. The predicted molar refractivity (Wildman–Crippen MR) is 114 cm³/mol. The third-order valence-electron chi connectivity index (χ3n) is 6.26. The highest BCUT2D eigenvalue weighted by atomic mass is 16.5. The maximum absolute atomic E-state index is 13.7. The van der Waals surface area contributed by atoms with E-state index in [9.17, 15) is 14.7 Å². The fraction of sp³-hybridized carbons (Fsp3) is 0.417. The van der Waals surface area contributed by atoms with E-state index in [0.717, 1.165) is 36.8 Å². The number of fused-ring (bicyclic) bond motifs is 1. The monoisotopic (exact) mass is 424 g/mol. The van der Waals surface area contributed by atoms with Crippen molar-refractivity contribution >= 4 is 11.8 Å². The Morgan fingerprint density at radius 2 is 1.84 bits per heavy atom.